The molecule has 2 aromatic rings. The number of amides is 6. The number of nitrogens with one attached hydrogen (secondary N) is 7. The number of benzene rings is 1. The monoisotopic (exact) mass is 557 g/mol. The van der Waals surface area contributed by atoms with Crippen LogP contribution in [-0.4, -0.2) is 88.8 Å². The van der Waals surface area contributed by atoms with Gasteiger partial charge in [-0.25, -0.2) is 0 Å². The number of carboxylic acid groups (broad SMARTS) is 1. The number of hydrogen-bond acceptors (Lipinski definition) is 7. The summed E-state index contributed by atoms with van der Waals surface area (Å²) in [6.45, 7) is 1.60. The van der Waals surface area contributed by atoms with Crippen LogP contribution in [0.3, 0.4) is 0 Å². The van der Waals surface area contributed by atoms with E-state index in [2.05, 4.69) is 36.9 Å². The molecule has 8 N–H and O–H groups in total. The van der Waals surface area contributed by atoms with E-state index in [0.29, 0.717) is 5.56 Å². The highest BCUT2D eigenvalue weighted by atomic mass is 16.4. The van der Waals surface area contributed by atoms with Gasteiger partial charge in [0.25, 0.3) is 0 Å². The Morgan fingerprint density at radius 3 is 2.10 bits per heavy atom. The first-order valence-corrected chi connectivity index (χ1v) is 12.5. The summed E-state index contributed by atoms with van der Waals surface area (Å²) in [5.74, 6) is -6.09. The van der Waals surface area contributed by atoms with Gasteiger partial charge in [-0.1, -0.05) is 18.2 Å². The highest BCUT2D eigenvalue weighted by Crippen LogP contribution is 2.19. The summed E-state index contributed by atoms with van der Waals surface area (Å²) in [6.07, 6.45) is 0.921. The molecule has 6 amide bonds. The van der Waals surface area contributed by atoms with Gasteiger partial charge in [0.05, 0.1) is 19.5 Å². The molecule has 15 nitrogen and oxygen atoms in total. The van der Waals surface area contributed by atoms with Crippen LogP contribution in [-0.2, 0) is 40.0 Å². The summed E-state index contributed by atoms with van der Waals surface area (Å²) < 4.78 is 0. The molecule has 1 aliphatic rings. The predicted molar refractivity (Wildman–Crippen MR) is 139 cm³/mol. The van der Waals surface area contributed by atoms with Gasteiger partial charge < -0.3 is 42.0 Å². The van der Waals surface area contributed by atoms with Gasteiger partial charge in [-0.3, -0.25) is 33.6 Å². The molecule has 1 fully saturated rings. The molecule has 0 bridgehead atoms. The molecule has 0 radical (unpaired) electrons. The molecule has 0 aliphatic carbocycles. The molecule has 15 heteroatoms. The number of aliphatic carboxylic acids is 1. The summed E-state index contributed by atoms with van der Waals surface area (Å²) in [5.41, 5.74) is 1.51. The largest absolute Gasteiger partial charge is 0.481 e. The second-order valence-corrected chi connectivity index (χ2v) is 9.30. The summed E-state index contributed by atoms with van der Waals surface area (Å²) in [6, 6.07) is 2.26. The number of aromatic amines is 1. The van der Waals surface area contributed by atoms with E-state index < -0.39 is 85.1 Å². The highest BCUT2D eigenvalue weighted by molar-refractivity contribution is 5.98. The van der Waals surface area contributed by atoms with Crippen molar-refractivity contribution in [2.45, 2.75) is 50.9 Å². The smallest absolute Gasteiger partial charge is 0.305 e. The molecule has 1 aromatic heterocycles. The van der Waals surface area contributed by atoms with Crippen LogP contribution in [0.1, 0.15) is 25.8 Å². The Balaban J connectivity index is 1.87. The van der Waals surface area contributed by atoms with Gasteiger partial charge in [-0.05, 0) is 25.5 Å². The van der Waals surface area contributed by atoms with E-state index in [4.69, 9.17) is 5.11 Å². The highest BCUT2D eigenvalue weighted by Gasteiger charge is 2.30. The van der Waals surface area contributed by atoms with Crippen LogP contribution in [0.25, 0.3) is 10.9 Å². The standard InChI is InChI=1S/C25H31N7O8/c1-12-22(37)28-10-19(33)27-11-20(34)31-18(8-21(35)36)25(40)30-13(2)23(38)32-17(24(39)29-12)7-14-9-26-16-6-4-3-5-15(14)16/h3-6,9,12-13,17-18,26H,7-8,10-11H2,1-2H3,(H,27,33)(H,28,37)(H,29,39)(H,30,40)(H,31,34)(H,32,38)(H,35,36)/t12-,13-,17-,18-/m0/s1. The average molecular weight is 558 g/mol. The second kappa shape index (κ2) is 13.2. The fourth-order valence-electron chi connectivity index (χ4n) is 3.98. The number of carbonyl (C=O) groups excluding carboxylic acids is 6. The van der Waals surface area contributed by atoms with Gasteiger partial charge in [-0.15, -0.1) is 0 Å². The molecule has 4 atom stereocenters. The van der Waals surface area contributed by atoms with E-state index in [1.54, 1.807) is 6.20 Å². The maximum Gasteiger partial charge on any atom is 0.305 e. The number of hydrogen-bond donors (Lipinski definition) is 8. The minimum absolute atomic E-state index is 0.0245. The van der Waals surface area contributed by atoms with Crippen LogP contribution < -0.4 is 31.9 Å². The average Bonchev–Trinajstić information content (AvgIpc) is 3.31. The van der Waals surface area contributed by atoms with Crippen molar-refractivity contribution in [2.24, 2.45) is 0 Å². The van der Waals surface area contributed by atoms with Crippen LogP contribution >= 0.6 is 0 Å². The molecule has 1 saturated heterocycles. The first-order valence-electron chi connectivity index (χ1n) is 12.5. The van der Waals surface area contributed by atoms with E-state index >= 15 is 0 Å². The van der Waals surface area contributed by atoms with Gasteiger partial charge in [0.15, 0.2) is 0 Å². The molecule has 214 valence electrons. The SMILES string of the molecule is C[C@@H]1NC(=O)[C@H](CC(=O)O)NC(=O)CNC(=O)CNC(=O)[C@H](C)NC(=O)[C@H](Cc2c[nH]c3ccccc23)NC1=O. The lowest BCUT2D eigenvalue weighted by Crippen LogP contribution is -2.58. The normalized spacial score (nSPS) is 23.9. The summed E-state index contributed by atoms with van der Waals surface area (Å²) in [5, 5.41) is 24.2. The van der Waals surface area contributed by atoms with Crippen molar-refractivity contribution in [2.75, 3.05) is 13.1 Å². The van der Waals surface area contributed by atoms with E-state index in [9.17, 15) is 33.6 Å². The lowest BCUT2D eigenvalue weighted by molar-refractivity contribution is -0.141. The van der Waals surface area contributed by atoms with E-state index in [1.165, 1.54) is 13.8 Å². The number of carbonyl (C=O) groups is 7. The molecule has 40 heavy (non-hydrogen) atoms. The Labute approximate surface area is 228 Å². The van der Waals surface area contributed by atoms with Gasteiger partial charge >= 0.3 is 5.97 Å². The van der Waals surface area contributed by atoms with Crippen LogP contribution in [0.4, 0.5) is 0 Å². The fraction of sp³-hybridized carbons (Fsp3) is 0.400. The van der Waals surface area contributed by atoms with E-state index in [1.807, 2.05) is 24.3 Å². The zero-order valence-electron chi connectivity index (χ0n) is 21.8. The minimum Gasteiger partial charge on any atom is -0.481 e. The second-order valence-electron chi connectivity index (χ2n) is 9.30. The Bertz CT molecular complexity index is 1320. The molecule has 0 unspecified atom stereocenters. The molecule has 0 spiro atoms. The van der Waals surface area contributed by atoms with Crippen LogP contribution in [0.2, 0.25) is 0 Å². The van der Waals surface area contributed by atoms with Gasteiger partial charge in [0.2, 0.25) is 35.4 Å². The van der Waals surface area contributed by atoms with Gasteiger partial charge in [0, 0.05) is 23.5 Å². The van der Waals surface area contributed by atoms with Crippen molar-refractivity contribution in [3.8, 4) is 0 Å². The lowest BCUT2D eigenvalue weighted by Gasteiger charge is -2.24. The van der Waals surface area contributed by atoms with Crippen LogP contribution in [0.5, 0.6) is 0 Å². The van der Waals surface area contributed by atoms with Gasteiger partial charge in [0.1, 0.15) is 24.2 Å². The van der Waals surface area contributed by atoms with E-state index in [0.717, 1.165) is 10.9 Å². The van der Waals surface area contributed by atoms with Crippen LogP contribution in [0.15, 0.2) is 30.5 Å². The first kappa shape index (κ1) is 29.6. The number of rotatable bonds is 4. The molecule has 3 rings (SSSR count). The first-order chi connectivity index (χ1) is 18.9. The third kappa shape index (κ3) is 8.02. The van der Waals surface area contributed by atoms with Crippen molar-refractivity contribution < 1.29 is 38.7 Å². The zero-order chi connectivity index (χ0) is 29.4. The van der Waals surface area contributed by atoms with Crippen molar-refractivity contribution in [1.82, 2.24) is 36.9 Å². The third-order valence-corrected chi connectivity index (χ3v) is 6.14. The zero-order valence-corrected chi connectivity index (χ0v) is 21.8. The number of fused-ring (bicyclic) bond motifs is 1. The topological polar surface area (TPSA) is 228 Å². The fourth-order valence-corrected chi connectivity index (χ4v) is 3.98. The van der Waals surface area contributed by atoms with Crippen LogP contribution in [0, 0.1) is 0 Å². The quantitative estimate of drug-likeness (QED) is 0.198. The third-order valence-electron chi connectivity index (χ3n) is 6.14. The number of para-hydroxylation sites is 1. The summed E-state index contributed by atoms with van der Waals surface area (Å²) in [7, 11) is 0. The van der Waals surface area contributed by atoms with Crippen molar-refractivity contribution in [3.63, 3.8) is 0 Å². The molecule has 0 saturated carbocycles. The maximum absolute atomic E-state index is 13.2. The van der Waals surface area contributed by atoms with Crippen molar-refractivity contribution in [1.29, 1.82) is 0 Å². The number of carboxylic acids is 1. The number of aromatic nitrogens is 1. The molecular weight excluding hydrogens is 526 g/mol. The van der Waals surface area contributed by atoms with Crippen molar-refractivity contribution in [3.05, 3.63) is 36.0 Å². The molecule has 1 aliphatic heterocycles. The lowest BCUT2D eigenvalue weighted by atomic mass is 10.0. The summed E-state index contributed by atoms with van der Waals surface area (Å²) in [4.78, 5) is 90.1. The molecular formula is C25H31N7O8. The molecule has 2 heterocycles. The maximum atomic E-state index is 13.2. The summed E-state index contributed by atoms with van der Waals surface area (Å²) >= 11 is 0. The Hall–Kier alpha value is -4.95. The Kier molecular flexibility index (Phi) is 9.78. The van der Waals surface area contributed by atoms with E-state index in [-0.39, 0.29) is 6.42 Å². The van der Waals surface area contributed by atoms with Crippen molar-refractivity contribution >= 4 is 52.3 Å². The van der Waals surface area contributed by atoms with Gasteiger partial charge in [-0.2, -0.15) is 0 Å². The Morgan fingerprint density at radius 2 is 1.40 bits per heavy atom. The number of H-pyrrole nitrogens is 1. The minimum atomic E-state index is -1.55. The predicted octanol–water partition coefficient (Wildman–Crippen LogP) is -2.59. The Morgan fingerprint density at radius 1 is 0.775 bits per heavy atom. The molecule has 1 aromatic carbocycles.